The lowest BCUT2D eigenvalue weighted by Gasteiger charge is -2.37. The second-order valence-corrected chi connectivity index (χ2v) is 7.80. The van der Waals surface area contributed by atoms with E-state index in [0.29, 0.717) is 17.6 Å². The van der Waals surface area contributed by atoms with Crippen molar-refractivity contribution in [1.29, 1.82) is 0 Å². The third-order valence-electron chi connectivity index (χ3n) is 5.23. The Hall–Kier alpha value is -0.0200. The second-order valence-electron chi connectivity index (χ2n) is 6.70. The van der Waals surface area contributed by atoms with Gasteiger partial charge in [-0.05, 0) is 30.9 Å². The van der Waals surface area contributed by atoms with Crippen molar-refractivity contribution in [3.63, 3.8) is 0 Å². The highest BCUT2D eigenvalue weighted by Gasteiger charge is 2.42. The maximum Gasteiger partial charge on any atom is 0.136 e. The molecule has 1 saturated carbocycles. The second kappa shape index (κ2) is 6.17. The first-order valence-corrected chi connectivity index (χ1v) is 9.17. The van der Waals surface area contributed by atoms with Crippen molar-refractivity contribution in [2.24, 2.45) is 11.8 Å². The molecule has 2 saturated heterocycles. The first kappa shape index (κ1) is 13.9. The molecule has 2 atom stereocenters. The number of hydrogen-bond donors (Lipinski definition) is 0. The van der Waals surface area contributed by atoms with Gasteiger partial charge in [0.05, 0.1) is 5.60 Å². The fourth-order valence-corrected chi connectivity index (χ4v) is 5.39. The summed E-state index contributed by atoms with van der Waals surface area (Å²) >= 11 is 1.99. The first-order valence-electron chi connectivity index (χ1n) is 8.02. The van der Waals surface area contributed by atoms with Gasteiger partial charge in [0.1, 0.15) is 5.78 Å². The third-order valence-corrected chi connectivity index (χ3v) is 6.45. The van der Waals surface area contributed by atoms with Gasteiger partial charge in [0.15, 0.2) is 0 Å². The average Bonchev–Trinajstić information content (AvgIpc) is 2.88. The van der Waals surface area contributed by atoms with Gasteiger partial charge in [-0.1, -0.05) is 32.1 Å². The van der Waals surface area contributed by atoms with Crippen LogP contribution in [0.3, 0.4) is 0 Å². The molecular formula is C16H26O2S. The third kappa shape index (κ3) is 3.36. The maximum atomic E-state index is 12.5. The molecule has 0 N–H and O–H groups in total. The summed E-state index contributed by atoms with van der Waals surface area (Å²) in [5.41, 5.74) is 0.0653. The fraction of sp³-hybridized carbons (Fsp3) is 0.938. The van der Waals surface area contributed by atoms with Crippen molar-refractivity contribution in [1.82, 2.24) is 0 Å². The van der Waals surface area contributed by atoms with E-state index in [2.05, 4.69) is 0 Å². The van der Waals surface area contributed by atoms with Gasteiger partial charge in [-0.25, -0.2) is 0 Å². The van der Waals surface area contributed by atoms with E-state index in [9.17, 15) is 4.79 Å². The van der Waals surface area contributed by atoms with Crippen LogP contribution in [0.1, 0.15) is 57.8 Å². The quantitative estimate of drug-likeness (QED) is 0.787. The molecule has 1 spiro atoms. The van der Waals surface area contributed by atoms with Crippen LogP contribution in [0.15, 0.2) is 0 Å². The Kier molecular flexibility index (Phi) is 4.53. The molecule has 0 aromatic rings. The van der Waals surface area contributed by atoms with Gasteiger partial charge >= 0.3 is 0 Å². The van der Waals surface area contributed by atoms with Crippen molar-refractivity contribution in [3.05, 3.63) is 0 Å². The molecule has 3 aliphatic rings. The van der Waals surface area contributed by atoms with E-state index in [1.165, 1.54) is 37.9 Å². The highest BCUT2D eigenvalue weighted by atomic mass is 32.2. The molecule has 0 amide bonds. The van der Waals surface area contributed by atoms with Crippen molar-refractivity contribution in [3.8, 4) is 0 Å². The Labute approximate surface area is 121 Å². The van der Waals surface area contributed by atoms with Gasteiger partial charge in [0.25, 0.3) is 0 Å². The number of carbonyl (C=O) groups is 1. The van der Waals surface area contributed by atoms with Gasteiger partial charge < -0.3 is 4.74 Å². The molecule has 19 heavy (non-hydrogen) atoms. The Morgan fingerprint density at radius 2 is 2.05 bits per heavy atom. The van der Waals surface area contributed by atoms with Gasteiger partial charge in [-0.15, -0.1) is 0 Å². The minimum absolute atomic E-state index is 0.0653. The van der Waals surface area contributed by atoms with Gasteiger partial charge in [-0.2, -0.15) is 11.8 Å². The van der Waals surface area contributed by atoms with Crippen molar-refractivity contribution in [2.45, 2.75) is 63.4 Å². The molecule has 3 rings (SSSR count). The number of carbonyl (C=O) groups excluding carboxylic acids is 1. The monoisotopic (exact) mass is 282 g/mol. The van der Waals surface area contributed by atoms with Crippen molar-refractivity contribution in [2.75, 3.05) is 18.1 Å². The lowest BCUT2D eigenvalue weighted by atomic mass is 9.78. The lowest BCUT2D eigenvalue weighted by Crippen LogP contribution is -2.42. The molecule has 0 aromatic carbocycles. The number of ether oxygens (including phenoxy) is 1. The van der Waals surface area contributed by atoms with Crippen molar-refractivity contribution >= 4 is 17.5 Å². The number of rotatable bonds is 3. The molecule has 2 nitrogen and oxygen atoms in total. The minimum atomic E-state index is 0.0653. The zero-order valence-corrected chi connectivity index (χ0v) is 12.7. The van der Waals surface area contributed by atoms with Crippen LogP contribution >= 0.6 is 11.8 Å². The Bertz CT molecular complexity index is 317. The molecule has 3 heteroatoms. The molecule has 0 aromatic heterocycles. The molecule has 0 radical (unpaired) electrons. The first-order chi connectivity index (χ1) is 9.27. The van der Waals surface area contributed by atoms with Gasteiger partial charge in [0, 0.05) is 24.7 Å². The smallest absolute Gasteiger partial charge is 0.136 e. The van der Waals surface area contributed by atoms with Crippen LogP contribution in [-0.2, 0) is 9.53 Å². The Balaban J connectivity index is 1.54. The molecule has 108 valence electrons. The van der Waals surface area contributed by atoms with Crippen molar-refractivity contribution < 1.29 is 9.53 Å². The summed E-state index contributed by atoms with van der Waals surface area (Å²) in [4.78, 5) is 12.5. The van der Waals surface area contributed by atoms with E-state index < -0.39 is 0 Å². The largest absolute Gasteiger partial charge is 0.374 e. The summed E-state index contributed by atoms with van der Waals surface area (Å²) < 4.78 is 6.02. The summed E-state index contributed by atoms with van der Waals surface area (Å²) in [7, 11) is 0. The van der Waals surface area contributed by atoms with E-state index in [1.54, 1.807) is 0 Å². The highest BCUT2D eigenvalue weighted by molar-refractivity contribution is 7.99. The predicted octanol–water partition coefficient (Wildman–Crippen LogP) is 3.83. The fourth-order valence-electron chi connectivity index (χ4n) is 4.01. The predicted molar refractivity (Wildman–Crippen MR) is 79.5 cm³/mol. The SMILES string of the molecule is O=C(CC1CCCCC1)C1CCOC2(CCSC2)C1. The lowest BCUT2D eigenvalue weighted by molar-refractivity contribution is -0.135. The van der Waals surface area contributed by atoms with Gasteiger partial charge in [0.2, 0.25) is 0 Å². The van der Waals surface area contributed by atoms with E-state index in [1.807, 2.05) is 11.8 Å². The van der Waals surface area contributed by atoms with E-state index >= 15 is 0 Å². The highest BCUT2D eigenvalue weighted by Crippen LogP contribution is 2.41. The number of ketones is 1. The molecule has 1 aliphatic carbocycles. The minimum Gasteiger partial charge on any atom is -0.374 e. The average molecular weight is 282 g/mol. The summed E-state index contributed by atoms with van der Waals surface area (Å²) in [6, 6.07) is 0. The molecule has 2 heterocycles. The number of Topliss-reactive ketones (excluding diaryl/α,β-unsaturated/α-hetero) is 1. The van der Waals surface area contributed by atoms with Crippen LogP contribution in [-0.4, -0.2) is 29.5 Å². The number of hydrogen-bond acceptors (Lipinski definition) is 3. The molecule has 2 aliphatic heterocycles. The van der Waals surface area contributed by atoms with E-state index in [4.69, 9.17) is 4.74 Å². The Morgan fingerprint density at radius 1 is 1.21 bits per heavy atom. The summed E-state index contributed by atoms with van der Waals surface area (Å²) in [6.45, 7) is 0.807. The van der Waals surface area contributed by atoms with Crippen LogP contribution < -0.4 is 0 Å². The molecule has 0 bridgehead atoms. The summed E-state index contributed by atoms with van der Waals surface area (Å²) in [5.74, 6) is 3.86. The van der Waals surface area contributed by atoms with Crippen LogP contribution in [0, 0.1) is 11.8 Å². The topological polar surface area (TPSA) is 26.3 Å². The molecular weight excluding hydrogens is 256 g/mol. The molecule has 3 fully saturated rings. The number of thioether (sulfide) groups is 1. The normalized spacial score (nSPS) is 36.7. The van der Waals surface area contributed by atoms with Crippen LogP contribution in [0.2, 0.25) is 0 Å². The maximum absolute atomic E-state index is 12.5. The van der Waals surface area contributed by atoms with Crippen LogP contribution in [0.5, 0.6) is 0 Å². The van der Waals surface area contributed by atoms with E-state index in [0.717, 1.165) is 38.0 Å². The zero-order chi connectivity index (χ0) is 13.1. The van der Waals surface area contributed by atoms with Crippen LogP contribution in [0.4, 0.5) is 0 Å². The zero-order valence-electron chi connectivity index (χ0n) is 11.9. The molecule has 2 unspecified atom stereocenters. The van der Waals surface area contributed by atoms with E-state index in [-0.39, 0.29) is 5.60 Å². The standard InChI is InChI=1S/C16H26O2S/c17-15(10-13-4-2-1-3-5-13)14-6-8-18-16(11-14)7-9-19-12-16/h13-14H,1-12H2. The summed E-state index contributed by atoms with van der Waals surface area (Å²) in [5, 5.41) is 0. The van der Waals surface area contributed by atoms with Gasteiger partial charge in [-0.3, -0.25) is 4.79 Å². The Morgan fingerprint density at radius 3 is 2.79 bits per heavy atom. The summed E-state index contributed by atoms with van der Waals surface area (Å²) in [6.07, 6.45) is 10.6. The van der Waals surface area contributed by atoms with Crippen LogP contribution in [0.25, 0.3) is 0 Å².